The molecule has 0 aliphatic rings. The molecule has 0 aliphatic carbocycles. The van der Waals surface area contributed by atoms with E-state index in [-0.39, 0.29) is 0 Å². The van der Waals surface area contributed by atoms with Crippen LogP contribution in [-0.2, 0) is 7.05 Å². The Kier molecular flexibility index (Phi) is 7.61. The van der Waals surface area contributed by atoms with Gasteiger partial charge in [0.05, 0.1) is 22.1 Å². The first-order valence-corrected chi connectivity index (χ1v) is 17.9. The Morgan fingerprint density at radius 1 is 0.500 bits per heavy atom. The van der Waals surface area contributed by atoms with Crippen LogP contribution in [0.1, 0.15) is 0 Å². The fourth-order valence-electron chi connectivity index (χ4n) is 7.24. The van der Waals surface area contributed by atoms with Crippen molar-refractivity contribution in [3.05, 3.63) is 180 Å². The predicted molar refractivity (Wildman–Crippen MR) is 216 cm³/mol. The number of fused-ring (bicyclic) bond motifs is 4. The van der Waals surface area contributed by atoms with Gasteiger partial charge in [0.1, 0.15) is 0 Å². The van der Waals surface area contributed by atoms with Gasteiger partial charge >= 0.3 is 0 Å². The van der Waals surface area contributed by atoms with E-state index in [1.165, 1.54) is 37.5 Å². The zero-order valence-electron chi connectivity index (χ0n) is 27.4. The summed E-state index contributed by atoms with van der Waals surface area (Å²) in [6, 6.07) is 59.9. The van der Waals surface area contributed by atoms with Crippen LogP contribution in [0.15, 0.2) is 175 Å². The van der Waals surface area contributed by atoms with Crippen LogP contribution in [0.25, 0.3) is 43.0 Å². The Morgan fingerprint density at radius 3 is 1.86 bits per heavy atom. The summed E-state index contributed by atoms with van der Waals surface area (Å²) in [5.41, 5.74) is 10.8. The van der Waals surface area contributed by atoms with Crippen LogP contribution >= 0.6 is 22.9 Å². The lowest BCUT2D eigenvalue weighted by atomic mass is 9.98. The molecule has 0 bridgehead atoms. The molecule has 2 heterocycles. The number of benzene rings is 7. The first-order chi connectivity index (χ1) is 24.7. The highest BCUT2D eigenvalue weighted by Gasteiger charge is 2.24. The summed E-state index contributed by atoms with van der Waals surface area (Å²) >= 11 is 9.38. The summed E-state index contributed by atoms with van der Waals surface area (Å²) in [5, 5.41) is 6.60. The van der Waals surface area contributed by atoms with E-state index in [2.05, 4.69) is 191 Å². The summed E-state index contributed by atoms with van der Waals surface area (Å²) < 4.78 is 3.52. The summed E-state index contributed by atoms with van der Waals surface area (Å²) in [6.07, 6.45) is 0. The van der Waals surface area contributed by atoms with Gasteiger partial charge in [-0.05, 0) is 77.9 Å². The van der Waals surface area contributed by atoms with Crippen LogP contribution in [0, 0.1) is 0 Å². The van der Waals surface area contributed by atoms with Gasteiger partial charge in [0, 0.05) is 61.4 Å². The second-order valence-corrected chi connectivity index (χ2v) is 13.7. The van der Waals surface area contributed by atoms with E-state index in [4.69, 9.17) is 11.6 Å². The van der Waals surface area contributed by atoms with E-state index in [0.717, 1.165) is 39.7 Å². The van der Waals surface area contributed by atoms with Gasteiger partial charge in [0.15, 0.2) is 0 Å². The smallest absolute Gasteiger partial charge is 0.0887 e. The van der Waals surface area contributed by atoms with Gasteiger partial charge in [0.2, 0.25) is 0 Å². The molecule has 240 valence electrons. The molecule has 50 heavy (non-hydrogen) atoms. The number of halogens is 1. The maximum atomic E-state index is 7.64. The van der Waals surface area contributed by atoms with E-state index in [9.17, 15) is 0 Å². The molecule has 5 heteroatoms. The predicted octanol–water partition coefficient (Wildman–Crippen LogP) is 13.8. The van der Waals surface area contributed by atoms with E-state index in [0.29, 0.717) is 5.02 Å². The van der Waals surface area contributed by atoms with Crippen molar-refractivity contribution in [3.8, 4) is 11.1 Å². The SMILES string of the molecule is Cn1c2ccccc2c2c(-c3cccc(N(c4ccccc4)c4cccc(N(c5ccccc5)c5csc6ccccc56)c4Cl)c3)cccc21. The highest BCUT2D eigenvalue weighted by Crippen LogP contribution is 2.49. The number of aromatic nitrogens is 1. The van der Waals surface area contributed by atoms with Crippen molar-refractivity contribution in [2.24, 2.45) is 7.05 Å². The Labute approximate surface area is 300 Å². The number of thiophene rings is 1. The van der Waals surface area contributed by atoms with Crippen LogP contribution in [-0.4, -0.2) is 4.57 Å². The van der Waals surface area contributed by atoms with Gasteiger partial charge in [-0.25, -0.2) is 0 Å². The summed E-state index contributed by atoms with van der Waals surface area (Å²) in [7, 11) is 2.15. The average Bonchev–Trinajstić information content (AvgIpc) is 3.73. The first kappa shape index (κ1) is 30.3. The van der Waals surface area contributed by atoms with Gasteiger partial charge in [0.25, 0.3) is 0 Å². The molecule has 2 aromatic heterocycles. The molecule has 9 aromatic rings. The molecule has 3 nitrogen and oxygen atoms in total. The summed E-state index contributed by atoms with van der Waals surface area (Å²) in [4.78, 5) is 4.55. The minimum atomic E-state index is 0.664. The second kappa shape index (κ2) is 12.6. The average molecular weight is 682 g/mol. The lowest BCUT2D eigenvalue weighted by Gasteiger charge is -2.31. The van der Waals surface area contributed by atoms with Crippen molar-refractivity contribution in [3.63, 3.8) is 0 Å². The van der Waals surface area contributed by atoms with Crippen molar-refractivity contribution in [1.29, 1.82) is 0 Å². The highest BCUT2D eigenvalue weighted by molar-refractivity contribution is 7.17. The van der Waals surface area contributed by atoms with Crippen LogP contribution in [0.3, 0.4) is 0 Å². The molecule has 0 fully saturated rings. The fourth-order valence-corrected chi connectivity index (χ4v) is 8.47. The zero-order chi connectivity index (χ0) is 33.6. The maximum absolute atomic E-state index is 7.64. The standard InChI is InChI=1S/C45H32ClN3S/c1-47-38-24-10-8-22-37(38)44-35(23-13-25-39(44)47)31-15-12-20-34(29-31)48(32-16-4-2-5-17-32)40-26-14-27-41(45(40)46)49(33-18-6-3-7-19-33)42-30-50-43-28-11-9-21-36(42)43/h2-30H,1H3. The molecule has 7 aromatic carbocycles. The van der Waals surface area contributed by atoms with E-state index in [1.807, 2.05) is 6.07 Å². The van der Waals surface area contributed by atoms with Crippen molar-refractivity contribution in [2.75, 3.05) is 9.80 Å². The topological polar surface area (TPSA) is 11.4 Å². The number of hydrogen-bond acceptors (Lipinski definition) is 3. The lowest BCUT2D eigenvalue weighted by Crippen LogP contribution is -2.14. The number of rotatable bonds is 7. The molecule has 0 radical (unpaired) electrons. The number of para-hydroxylation sites is 3. The molecule has 0 N–H and O–H groups in total. The molecule has 0 amide bonds. The van der Waals surface area contributed by atoms with Crippen LogP contribution < -0.4 is 9.80 Å². The number of anilines is 6. The molecule has 0 atom stereocenters. The lowest BCUT2D eigenvalue weighted by molar-refractivity contribution is 1.01. The van der Waals surface area contributed by atoms with Gasteiger partial charge in [-0.1, -0.05) is 115 Å². The molecule has 0 aliphatic heterocycles. The monoisotopic (exact) mass is 681 g/mol. The molecule has 0 spiro atoms. The maximum Gasteiger partial charge on any atom is 0.0887 e. The molecule has 0 unspecified atom stereocenters. The third-order valence-electron chi connectivity index (χ3n) is 9.52. The second-order valence-electron chi connectivity index (χ2n) is 12.4. The third-order valence-corrected chi connectivity index (χ3v) is 10.9. The Bertz CT molecular complexity index is 2640. The normalized spacial score (nSPS) is 11.4. The van der Waals surface area contributed by atoms with Crippen molar-refractivity contribution in [1.82, 2.24) is 4.57 Å². The zero-order valence-corrected chi connectivity index (χ0v) is 28.9. The Morgan fingerprint density at radius 2 is 1.08 bits per heavy atom. The molecule has 9 rings (SSSR count). The van der Waals surface area contributed by atoms with Crippen LogP contribution in [0.5, 0.6) is 0 Å². The van der Waals surface area contributed by atoms with Crippen molar-refractivity contribution in [2.45, 2.75) is 0 Å². The molecule has 0 saturated heterocycles. The number of aryl methyl sites for hydroxylation is 1. The Balaban J connectivity index is 1.24. The quantitative estimate of drug-likeness (QED) is 0.166. The minimum Gasteiger partial charge on any atom is -0.344 e. The summed E-state index contributed by atoms with van der Waals surface area (Å²) in [5.74, 6) is 0. The van der Waals surface area contributed by atoms with E-state index in [1.54, 1.807) is 11.3 Å². The van der Waals surface area contributed by atoms with Crippen molar-refractivity contribution >= 4 is 89.0 Å². The minimum absolute atomic E-state index is 0.664. The van der Waals surface area contributed by atoms with E-state index < -0.39 is 0 Å². The van der Waals surface area contributed by atoms with Gasteiger partial charge < -0.3 is 14.4 Å². The number of nitrogens with zero attached hydrogens (tertiary/aromatic N) is 3. The highest BCUT2D eigenvalue weighted by atomic mass is 35.5. The van der Waals surface area contributed by atoms with Gasteiger partial charge in [-0.15, -0.1) is 11.3 Å². The van der Waals surface area contributed by atoms with Gasteiger partial charge in [-0.3, -0.25) is 0 Å². The Hall–Kier alpha value is -5.81. The summed E-state index contributed by atoms with van der Waals surface area (Å²) in [6.45, 7) is 0. The fraction of sp³-hybridized carbons (Fsp3) is 0.0222. The number of hydrogen-bond donors (Lipinski definition) is 0. The first-order valence-electron chi connectivity index (χ1n) is 16.7. The van der Waals surface area contributed by atoms with Gasteiger partial charge in [-0.2, -0.15) is 0 Å². The molecule has 0 saturated carbocycles. The van der Waals surface area contributed by atoms with E-state index >= 15 is 0 Å². The molecular formula is C45H32ClN3S. The molecular weight excluding hydrogens is 650 g/mol. The third kappa shape index (κ3) is 5.04. The van der Waals surface area contributed by atoms with Crippen molar-refractivity contribution < 1.29 is 0 Å². The largest absolute Gasteiger partial charge is 0.344 e. The van der Waals surface area contributed by atoms with Crippen LogP contribution in [0.2, 0.25) is 5.02 Å². The van der Waals surface area contributed by atoms with Crippen LogP contribution in [0.4, 0.5) is 34.1 Å².